The minimum absolute atomic E-state index is 0.276. The van der Waals surface area contributed by atoms with Gasteiger partial charge in [0.25, 0.3) is 0 Å². The van der Waals surface area contributed by atoms with E-state index in [-0.39, 0.29) is 6.61 Å². The Labute approximate surface area is 66.3 Å². The van der Waals surface area contributed by atoms with Crippen molar-refractivity contribution >= 4 is 5.97 Å². The molecule has 0 aromatic carbocycles. The monoisotopic (exact) mass is 161 g/mol. The molecule has 2 atom stereocenters. The molecule has 0 spiro atoms. The number of hydrogen-bond acceptors (Lipinski definition) is 4. The third-order valence-electron chi connectivity index (χ3n) is 1.58. The standard InChI is InChI=1S/C7H15NO3/c1-4-11-6(10)7(3,8)5(2)9/h5,9H,4,8H2,1-3H3. The third kappa shape index (κ3) is 2.48. The molecule has 2 unspecified atom stereocenters. The van der Waals surface area contributed by atoms with Crippen LogP contribution in [0.15, 0.2) is 0 Å². The molecule has 0 saturated carbocycles. The first-order valence-electron chi connectivity index (χ1n) is 3.57. The maximum atomic E-state index is 11.0. The normalized spacial score (nSPS) is 18.6. The molecule has 4 nitrogen and oxygen atoms in total. The van der Waals surface area contributed by atoms with Crippen molar-refractivity contribution in [1.29, 1.82) is 0 Å². The van der Waals surface area contributed by atoms with Crippen LogP contribution >= 0.6 is 0 Å². The van der Waals surface area contributed by atoms with Crippen molar-refractivity contribution < 1.29 is 14.6 Å². The molecule has 0 saturated heterocycles. The molecule has 66 valence electrons. The maximum Gasteiger partial charge on any atom is 0.328 e. The first-order valence-corrected chi connectivity index (χ1v) is 3.57. The first-order chi connectivity index (χ1) is 4.92. The van der Waals surface area contributed by atoms with Gasteiger partial charge in [0.15, 0.2) is 0 Å². The predicted molar refractivity (Wildman–Crippen MR) is 40.9 cm³/mol. The minimum Gasteiger partial charge on any atom is -0.465 e. The van der Waals surface area contributed by atoms with Crippen LogP contribution in [0.5, 0.6) is 0 Å². The molecule has 0 aliphatic heterocycles. The minimum atomic E-state index is -1.30. The summed E-state index contributed by atoms with van der Waals surface area (Å²) < 4.78 is 4.64. The van der Waals surface area contributed by atoms with E-state index in [1.165, 1.54) is 13.8 Å². The van der Waals surface area contributed by atoms with Crippen LogP contribution in [0.1, 0.15) is 20.8 Å². The van der Waals surface area contributed by atoms with Gasteiger partial charge in [-0.25, -0.2) is 4.79 Å². The molecular weight excluding hydrogens is 146 g/mol. The third-order valence-corrected chi connectivity index (χ3v) is 1.58. The molecule has 0 radical (unpaired) electrons. The van der Waals surface area contributed by atoms with Crippen LogP contribution in [0.4, 0.5) is 0 Å². The second kappa shape index (κ2) is 3.69. The summed E-state index contributed by atoms with van der Waals surface area (Å²) >= 11 is 0. The van der Waals surface area contributed by atoms with E-state index in [1.807, 2.05) is 0 Å². The van der Waals surface area contributed by atoms with Crippen LogP contribution in [-0.2, 0) is 9.53 Å². The zero-order valence-electron chi connectivity index (χ0n) is 7.13. The topological polar surface area (TPSA) is 72.5 Å². The Balaban J connectivity index is 4.18. The molecule has 0 aliphatic carbocycles. The van der Waals surface area contributed by atoms with Crippen molar-refractivity contribution in [3.8, 4) is 0 Å². The lowest BCUT2D eigenvalue weighted by Gasteiger charge is -2.24. The molecule has 0 bridgehead atoms. The van der Waals surface area contributed by atoms with Gasteiger partial charge in [-0.05, 0) is 20.8 Å². The Morgan fingerprint density at radius 1 is 1.82 bits per heavy atom. The van der Waals surface area contributed by atoms with Crippen LogP contribution in [0.2, 0.25) is 0 Å². The van der Waals surface area contributed by atoms with Crippen molar-refractivity contribution in [3.05, 3.63) is 0 Å². The Kier molecular flexibility index (Phi) is 3.48. The molecular formula is C7H15NO3. The molecule has 4 heteroatoms. The molecule has 11 heavy (non-hydrogen) atoms. The van der Waals surface area contributed by atoms with Crippen LogP contribution in [-0.4, -0.2) is 29.3 Å². The number of nitrogens with two attached hydrogens (primary N) is 1. The van der Waals surface area contributed by atoms with E-state index in [4.69, 9.17) is 10.8 Å². The summed E-state index contributed by atoms with van der Waals surface area (Å²) in [5.41, 5.74) is 4.17. The average Bonchev–Trinajstić information content (AvgIpc) is 1.88. The lowest BCUT2D eigenvalue weighted by molar-refractivity contribution is -0.152. The van der Waals surface area contributed by atoms with Crippen molar-refractivity contribution in [2.45, 2.75) is 32.4 Å². The molecule has 0 heterocycles. The van der Waals surface area contributed by atoms with Crippen molar-refractivity contribution in [3.63, 3.8) is 0 Å². The first kappa shape index (κ1) is 10.4. The van der Waals surface area contributed by atoms with Crippen LogP contribution < -0.4 is 5.73 Å². The summed E-state index contributed by atoms with van der Waals surface area (Å²) in [5.74, 6) is -0.574. The quantitative estimate of drug-likeness (QED) is 0.555. The molecule has 0 fully saturated rings. The number of carbonyl (C=O) groups is 1. The predicted octanol–water partition coefficient (Wildman–Crippen LogP) is -0.352. The van der Waals surface area contributed by atoms with E-state index in [2.05, 4.69) is 4.74 Å². The highest BCUT2D eigenvalue weighted by molar-refractivity contribution is 5.80. The molecule has 0 aromatic heterocycles. The van der Waals surface area contributed by atoms with Gasteiger partial charge < -0.3 is 15.6 Å². The molecule has 0 aromatic rings. The Morgan fingerprint density at radius 2 is 2.27 bits per heavy atom. The van der Waals surface area contributed by atoms with Gasteiger partial charge in [-0.1, -0.05) is 0 Å². The van der Waals surface area contributed by atoms with Crippen molar-refractivity contribution in [1.82, 2.24) is 0 Å². The fourth-order valence-electron chi connectivity index (χ4n) is 0.457. The summed E-state index contributed by atoms with van der Waals surface area (Å²) in [4.78, 5) is 11.0. The van der Waals surface area contributed by atoms with Gasteiger partial charge in [-0.15, -0.1) is 0 Å². The van der Waals surface area contributed by atoms with Gasteiger partial charge in [-0.2, -0.15) is 0 Å². The molecule has 0 amide bonds. The summed E-state index contributed by atoms with van der Waals surface area (Å²) in [5, 5.41) is 9.05. The second-order valence-corrected chi connectivity index (χ2v) is 2.68. The smallest absolute Gasteiger partial charge is 0.328 e. The van der Waals surface area contributed by atoms with Gasteiger partial charge in [-0.3, -0.25) is 0 Å². The lowest BCUT2D eigenvalue weighted by Crippen LogP contribution is -2.54. The largest absolute Gasteiger partial charge is 0.465 e. The van der Waals surface area contributed by atoms with E-state index < -0.39 is 17.6 Å². The van der Waals surface area contributed by atoms with Crippen LogP contribution in [0.25, 0.3) is 0 Å². The molecule has 0 aliphatic rings. The van der Waals surface area contributed by atoms with E-state index in [0.717, 1.165) is 0 Å². The highest BCUT2D eigenvalue weighted by Crippen LogP contribution is 2.07. The van der Waals surface area contributed by atoms with Gasteiger partial charge >= 0.3 is 5.97 Å². The molecule has 3 N–H and O–H groups in total. The Morgan fingerprint density at radius 3 is 2.55 bits per heavy atom. The summed E-state index contributed by atoms with van der Waals surface area (Å²) in [6.07, 6.45) is -0.901. The zero-order valence-corrected chi connectivity index (χ0v) is 7.13. The van der Waals surface area contributed by atoms with Gasteiger partial charge in [0.2, 0.25) is 0 Å². The Bertz CT molecular complexity index is 143. The Hall–Kier alpha value is -0.610. The van der Waals surface area contributed by atoms with Crippen LogP contribution in [0.3, 0.4) is 0 Å². The highest BCUT2D eigenvalue weighted by Gasteiger charge is 2.34. The number of hydrogen-bond donors (Lipinski definition) is 2. The van der Waals surface area contributed by atoms with Crippen LogP contribution in [0, 0.1) is 0 Å². The zero-order chi connectivity index (χ0) is 9.07. The summed E-state index contributed by atoms with van der Waals surface area (Å²) in [6, 6.07) is 0. The number of carbonyl (C=O) groups excluding carboxylic acids is 1. The fourth-order valence-corrected chi connectivity index (χ4v) is 0.457. The number of rotatable bonds is 3. The maximum absolute atomic E-state index is 11.0. The van der Waals surface area contributed by atoms with E-state index in [0.29, 0.717) is 0 Å². The SMILES string of the molecule is CCOC(=O)C(C)(N)C(C)O. The van der Waals surface area contributed by atoms with Crippen molar-refractivity contribution in [2.75, 3.05) is 6.61 Å². The van der Waals surface area contributed by atoms with Crippen molar-refractivity contribution in [2.24, 2.45) is 5.73 Å². The summed E-state index contributed by atoms with van der Waals surface area (Å²) in [6.45, 7) is 4.86. The lowest BCUT2D eigenvalue weighted by atomic mass is 9.98. The average molecular weight is 161 g/mol. The van der Waals surface area contributed by atoms with Gasteiger partial charge in [0.1, 0.15) is 5.54 Å². The van der Waals surface area contributed by atoms with E-state index >= 15 is 0 Å². The number of esters is 1. The highest BCUT2D eigenvalue weighted by atomic mass is 16.5. The number of aliphatic hydroxyl groups excluding tert-OH is 1. The van der Waals surface area contributed by atoms with Gasteiger partial charge in [0, 0.05) is 0 Å². The van der Waals surface area contributed by atoms with E-state index in [9.17, 15) is 4.79 Å². The fraction of sp³-hybridized carbons (Fsp3) is 0.857. The summed E-state index contributed by atoms with van der Waals surface area (Å²) in [7, 11) is 0. The molecule has 0 rings (SSSR count). The van der Waals surface area contributed by atoms with Gasteiger partial charge in [0.05, 0.1) is 12.7 Å². The van der Waals surface area contributed by atoms with E-state index in [1.54, 1.807) is 6.92 Å². The number of ether oxygens (including phenoxy) is 1. The second-order valence-electron chi connectivity index (χ2n) is 2.68. The number of aliphatic hydroxyl groups is 1.